The number of hydrogen-bond donors (Lipinski definition) is 2. The third-order valence-electron chi connectivity index (χ3n) is 4.42. The molecule has 3 rings (SSSR count). The molecule has 2 aromatic rings. The van der Waals surface area contributed by atoms with E-state index < -0.39 is 0 Å². The second-order valence-corrected chi connectivity index (χ2v) is 6.34. The van der Waals surface area contributed by atoms with Crippen LogP contribution in [0, 0.1) is 5.92 Å². The van der Waals surface area contributed by atoms with Crippen molar-refractivity contribution in [1.29, 1.82) is 0 Å². The van der Waals surface area contributed by atoms with Crippen molar-refractivity contribution in [2.24, 2.45) is 5.92 Å². The van der Waals surface area contributed by atoms with Crippen molar-refractivity contribution in [3.05, 3.63) is 65.7 Å². The van der Waals surface area contributed by atoms with Gasteiger partial charge in [0.05, 0.1) is 0 Å². The number of benzene rings is 2. The monoisotopic (exact) mass is 358 g/mol. The molecule has 1 amide bonds. The fraction of sp³-hybridized carbons (Fsp3) is 0.300. The Labute approximate surface area is 154 Å². The molecular weight excluding hydrogens is 336 g/mol. The summed E-state index contributed by atoms with van der Waals surface area (Å²) >= 11 is 0. The van der Waals surface area contributed by atoms with E-state index in [1.807, 2.05) is 24.3 Å². The van der Waals surface area contributed by atoms with Gasteiger partial charge in [-0.25, -0.2) is 0 Å². The molecule has 1 aliphatic heterocycles. The van der Waals surface area contributed by atoms with E-state index in [2.05, 4.69) is 17.6 Å². The summed E-state index contributed by atoms with van der Waals surface area (Å²) in [4.78, 5) is 24.9. The molecule has 0 radical (unpaired) electrons. The van der Waals surface area contributed by atoms with Gasteiger partial charge in [0.1, 0.15) is 0 Å². The number of nitrogens with one attached hydrogen (secondary N) is 2. The summed E-state index contributed by atoms with van der Waals surface area (Å²) in [5, 5.41) is 6.31. The molecule has 2 atom stereocenters. The quantitative estimate of drug-likeness (QED) is 0.820. The highest BCUT2D eigenvalue weighted by Crippen LogP contribution is 2.20. The summed E-state index contributed by atoms with van der Waals surface area (Å²) in [6.07, 6.45) is 1.69. The summed E-state index contributed by atoms with van der Waals surface area (Å²) < 4.78 is 0. The number of ketones is 1. The summed E-state index contributed by atoms with van der Waals surface area (Å²) in [6.45, 7) is 2.96. The van der Waals surface area contributed by atoms with Gasteiger partial charge in [0.15, 0.2) is 5.78 Å². The molecule has 1 heterocycles. The molecule has 1 fully saturated rings. The van der Waals surface area contributed by atoms with E-state index in [1.54, 1.807) is 30.3 Å². The maximum Gasteiger partial charge on any atom is 0.227 e. The summed E-state index contributed by atoms with van der Waals surface area (Å²) in [7, 11) is 0. The first kappa shape index (κ1) is 19.2. The Hall–Kier alpha value is -2.17. The summed E-state index contributed by atoms with van der Waals surface area (Å²) in [5.41, 5.74) is 1.90. The van der Waals surface area contributed by atoms with Crippen molar-refractivity contribution >= 4 is 29.8 Å². The molecule has 5 heteroatoms. The zero-order valence-corrected chi connectivity index (χ0v) is 15.0. The number of halogens is 1. The van der Waals surface area contributed by atoms with Crippen molar-refractivity contribution in [3.63, 3.8) is 0 Å². The molecule has 2 N–H and O–H groups in total. The Balaban J connectivity index is 0.00000225. The maximum absolute atomic E-state index is 12.5. The fourth-order valence-corrected chi connectivity index (χ4v) is 3.11. The number of hydrogen-bond acceptors (Lipinski definition) is 3. The van der Waals surface area contributed by atoms with Gasteiger partial charge in [0, 0.05) is 28.8 Å². The molecule has 0 unspecified atom stereocenters. The van der Waals surface area contributed by atoms with Crippen molar-refractivity contribution in [2.45, 2.75) is 25.8 Å². The van der Waals surface area contributed by atoms with E-state index >= 15 is 0 Å². The van der Waals surface area contributed by atoms with E-state index in [4.69, 9.17) is 0 Å². The van der Waals surface area contributed by atoms with Gasteiger partial charge in [-0.1, -0.05) is 42.5 Å². The van der Waals surface area contributed by atoms with Crippen LogP contribution >= 0.6 is 12.4 Å². The van der Waals surface area contributed by atoms with Crippen LogP contribution in [0.1, 0.15) is 35.7 Å². The second-order valence-electron chi connectivity index (χ2n) is 6.34. The molecule has 2 aromatic carbocycles. The lowest BCUT2D eigenvalue weighted by Crippen LogP contribution is -2.40. The molecule has 0 aliphatic carbocycles. The average molecular weight is 359 g/mol. The minimum absolute atomic E-state index is 0. The Bertz CT molecular complexity index is 733. The minimum atomic E-state index is -0.0396. The van der Waals surface area contributed by atoms with Crippen LogP contribution in [-0.2, 0) is 4.79 Å². The SMILES string of the molecule is C[C@H]1C[C@@H](C(=O)Nc2cccc(C(=O)c3ccccc3)c2)CCN1.Cl. The Morgan fingerprint density at radius 1 is 1.04 bits per heavy atom. The Morgan fingerprint density at radius 2 is 1.76 bits per heavy atom. The normalized spacial score (nSPS) is 19.6. The average Bonchev–Trinajstić information content (AvgIpc) is 2.62. The van der Waals surface area contributed by atoms with Crippen LogP contribution in [0.5, 0.6) is 0 Å². The van der Waals surface area contributed by atoms with Gasteiger partial charge in [-0.2, -0.15) is 0 Å². The van der Waals surface area contributed by atoms with Crippen molar-refractivity contribution in [3.8, 4) is 0 Å². The molecule has 25 heavy (non-hydrogen) atoms. The van der Waals surface area contributed by atoms with Gasteiger partial charge in [0.2, 0.25) is 5.91 Å². The second kappa shape index (κ2) is 8.79. The lowest BCUT2D eigenvalue weighted by Gasteiger charge is -2.27. The number of anilines is 1. The molecule has 4 nitrogen and oxygen atoms in total. The van der Waals surface area contributed by atoms with Crippen LogP contribution < -0.4 is 10.6 Å². The summed E-state index contributed by atoms with van der Waals surface area (Å²) in [6, 6.07) is 16.7. The number of rotatable bonds is 4. The lowest BCUT2D eigenvalue weighted by atomic mass is 9.92. The van der Waals surface area contributed by atoms with Crippen molar-refractivity contribution in [2.75, 3.05) is 11.9 Å². The highest BCUT2D eigenvalue weighted by atomic mass is 35.5. The van der Waals surface area contributed by atoms with Gasteiger partial charge in [-0.15, -0.1) is 12.4 Å². The molecule has 0 saturated carbocycles. The standard InChI is InChI=1S/C20H22N2O2.ClH/c1-14-12-17(10-11-21-14)20(24)22-18-9-5-8-16(13-18)19(23)15-6-3-2-4-7-15;/h2-9,13-14,17,21H,10-12H2,1H3,(H,22,24);1H/t14-,17-;/m0./s1. The van der Waals surface area contributed by atoms with Gasteiger partial charge in [-0.3, -0.25) is 9.59 Å². The van der Waals surface area contributed by atoms with Crippen LogP contribution in [0.15, 0.2) is 54.6 Å². The third-order valence-corrected chi connectivity index (χ3v) is 4.42. The van der Waals surface area contributed by atoms with Crippen LogP contribution in [-0.4, -0.2) is 24.3 Å². The summed E-state index contributed by atoms with van der Waals surface area (Å²) in [5.74, 6) is 0.0181. The van der Waals surface area contributed by atoms with Gasteiger partial charge >= 0.3 is 0 Å². The Kier molecular flexibility index (Phi) is 6.73. The van der Waals surface area contributed by atoms with Crippen LogP contribution in [0.25, 0.3) is 0 Å². The largest absolute Gasteiger partial charge is 0.326 e. The topological polar surface area (TPSA) is 58.2 Å². The molecule has 0 bridgehead atoms. The molecule has 1 aliphatic rings. The first-order valence-electron chi connectivity index (χ1n) is 8.37. The van der Waals surface area contributed by atoms with E-state index in [9.17, 15) is 9.59 Å². The van der Waals surface area contributed by atoms with Crippen LogP contribution in [0.4, 0.5) is 5.69 Å². The first-order valence-corrected chi connectivity index (χ1v) is 8.37. The zero-order chi connectivity index (χ0) is 16.9. The first-order chi connectivity index (χ1) is 11.6. The van der Waals surface area contributed by atoms with Gasteiger partial charge in [0.25, 0.3) is 0 Å². The van der Waals surface area contributed by atoms with E-state index in [0.29, 0.717) is 22.9 Å². The van der Waals surface area contributed by atoms with Crippen LogP contribution in [0.3, 0.4) is 0 Å². The van der Waals surface area contributed by atoms with E-state index in [1.165, 1.54) is 0 Å². The molecule has 1 saturated heterocycles. The third kappa shape index (κ3) is 4.91. The lowest BCUT2D eigenvalue weighted by molar-refractivity contribution is -0.120. The molecular formula is C20H23ClN2O2. The minimum Gasteiger partial charge on any atom is -0.326 e. The maximum atomic E-state index is 12.5. The van der Waals surface area contributed by atoms with Crippen molar-refractivity contribution < 1.29 is 9.59 Å². The van der Waals surface area contributed by atoms with Crippen molar-refractivity contribution in [1.82, 2.24) is 5.32 Å². The van der Waals surface area contributed by atoms with E-state index in [-0.39, 0.29) is 30.0 Å². The fourth-order valence-electron chi connectivity index (χ4n) is 3.11. The number of carbonyl (C=O) groups is 2. The smallest absolute Gasteiger partial charge is 0.227 e. The zero-order valence-electron chi connectivity index (χ0n) is 14.2. The highest BCUT2D eigenvalue weighted by Gasteiger charge is 2.24. The highest BCUT2D eigenvalue weighted by molar-refractivity contribution is 6.09. The number of amides is 1. The van der Waals surface area contributed by atoms with Gasteiger partial charge < -0.3 is 10.6 Å². The van der Waals surface area contributed by atoms with Gasteiger partial charge in [-0.05, 0) is 38.4 Å². The van der Waals surface area contributed by atoms with Crippen LogP contribution in [0.2, 0.25) is 0 Å². The van der Waals surface area contributed by atoms with E-state index in [0.717, 1.165) is 19.4 Å². The predicted octanol–water partition coefficient (Wildman–Crippen LogP) is 3.67. The Morgan fingerprint density at radius 3 is 2.48 bits per heavy atom. The molecule has 0 spiro atoms. The molecule has 0 aromatic heterocycles. The molecule has 132 valence electrons. The number of carbonyl (C=O) groups excluding carboxylic acids is 2. The number of piperidine rings is 1. The predicted molar refractivity (Wildman–Crippen MR) is 102 cm³/mol.